The van der Waals surface area contributed by atoms with Gasteiger partial charge in [-0.2, -0.15) is 0 Å². The van der Waals surface area contributed by atoms with E-state index < -0.39 is 0 Å². The summed E-state index contributed by atoms with van der Waals surface area (Å²) in [5, 5.41) is 0. The predicted octanol–water partition coefficient (Wildman–Crippen LogP) is 6.59. The van der Waals surface area contributed by atoms with Crippen LogP contribution < -0.4 is 0 Å². The van der Waals surface area contributed by atoms with Gasteiger partial charge in [-0.05, 0) is 36.5 Å². The Morgan fingerprint density at radius 1 is 1.00 bits per heavy atom. The van der Waals surface area contributed by atoms with E-state index in [1.165, 1.54) is 70.6 Å². The first-order valence-electron chi connectivity index (χ1n) is 8.56. The van der Waals surface area contributed by atoms with E-state index in [1.54, 1.807) is 0 Å². The summed E-state index contributed by atoms with van der Waals surface area (Å²) in [6.07, 6.45) is 16.0. The Labute approximate surface area is 116 Å². The van der Waals surface area contributed by atoms with Crippen LogP contribution in [0.4, 0.5) is 0 Å². The zero-order chi connectivity index (χ0) is 13.4. The van der Waals surface area contributed by atoms with Crippen molar-refractivity contribution in [2.45, 2.75) is 98.3 Å². The first-order valence-corrected chi connectivity index (χ1v) is 8.56. The number of hydrogen-bond donors (Lipinski definition) is 0. The lowest BCUT2D eigenvalue weighted by atomic mass is 9.67. The van der Waals surface area contributed by atoms with E-state index in [-0.39, 0.29) is 0 Å². The van der Waals surface area contributed by atoms with Crippen LogP contribution in [0.3, 0.4) is 0 Å². The van der Waals surface area contributed by atoms with Crippen molar-refractivity contribution in [1.29, 1.82) is 0 Å². The SMILES string of the molecule is CCCCCCC(C)CC(C)(C)C1CCCCC1. The number of hydrogen-bond acceptors (Lipinski definition) is 0. The van der Waals surface area contributed by atoms with Gasteiger partial charge in [0.05, 0.1) is 0 Å². The van der Waals surface area contributed by atoms with Gasteiger partial charge in [0.15, 0.2) is 0 Å². The average molecular weight is 252 g/mol. The third-order valence-corrected chi connectivity index (χ3v) is 5.14. The highest BCUT2D eigenvalue weighted by Gasteiger charge is 2.31. The van der Waals surface area contributed by atoms with Gasteiger partial charge in [0.1, 0.15) is 0 Å². The molecule has 108 valence electrons. The van der Waals surface area contributed by atoms with Crippen molar-refractivity contribution in [2.75, 3.05) is 0 Å². The molecule has 1 saturated carbocycles. The molecule has 0 heteroatoms. The second kappa shape index (κ2) is 8.23. The van der Waals surface area contributed by atoms with Gasteiger partial charge in [-0.3, -0.25) is 0 Å². The van der Waals surface area contributed by atoms with Crippen LogP contribution in [-0.2, 0) is 0 Å². The van der Waals surface area contributed by atoms with Gasteiger partial charge >= 0.3 is 0 Å². The van der Waals surface area contributed by atoms with E-state index in [1.807, 2.05) is 0 Å². The second-order valence-electron chi connectivity index (χ2n) is 7.48. The molecule has 0 radical (unpaired) electrons. The lowest BCUT2D eigenvalue weighted by molar-refractivity contribution is 0.122. The molecule has 1 fully saturated rings. The summed E-state index contributed by atoms with van der Waals surface area (Å²) >= 11 is 0. The predicted molar refractivity (Wildman–Crippen MR) is 82.9 cm³/mol. The summed E-state index contributed by atoms with van der Waals surface area (Å²) in [5.74, 6) is 1.93. The van der Waals surface area contributed by atoms with E-state index in [0.29, 0.717) is 5.41 Å². The van der Waals surface area contributed by atoms with Gasteiger partial charge in [0.25, 0.3) is 0 Å². The summed E-state index contributed by atoms with van der Waals surface area (Å²) in [6, 6.07) is 0. The van der Waals surface area contributed by atoms with Crippen molar-refractivity contribution in [3.8, 4) is 0 Å². The molecule has 0 aromatic heterocycles. The molecule has 1 aliphatic rings. The first-order chi connectivity index (χ1) is 8.56. The molecular weight excluding hydrogens is 216 g/mol. The van der Waals surface area contributed by atoms with Crippen LogP contribution in [0.25, 0.3) is 0 Å². The van der Waals surface area contributed by atoms with E-state index in [9.17, 15) is 0 Å². The number of rotatable bonds is 8. The molecule has 0 N–H and O–H groups in total. The molecule has 0 nitrogen and oxygen atoms in total. The smallest absolute Gasteiger partial charge is 0.0323 e. The Balaban J connectivity index is 2.25. The molecule has 1 atom stereocenters. The van der Waals surface area contributed by atoms with Gasteiger partial charge in [0, 0.05) is 0 Å². The highest BCUT2D eigenvalue weighted by atomic mass is 14.4. The Kier molecular flexibility index (Phi) is 7.34. The first kappa shape index (κ1) is 16.1. The highest BCUT2D eigenvalue weighted by molar-refractivity contribution is 4.82. The third kappa shape index (κ3) is 5.76. The zero-order valence-corrected chi connectivity index (χ0v) is 13.4. The van der Waals surface area contributed by atoms with Crippen molar-refractivity contribution < 1.29 is 0 Å². The molecule has 0 heterocycles. The molecule has 0 bridgehead atoms. The molecule has 0 aromatic carbocycles. The molecule has 0 aromatic rings. The molecule has 0 saturated heterocycles. The minimum atomic E-state index is 0.588. The zero-order valence-electron chi connectivity index (χ0n) is 13.4. The van der Waals surface area contributed by atoms with E-state index in [4.69, 9.17) is 0 Å². The Morgan fingerprint density at radius 2 is 1.67 bits per heavy atom. The fraction of sp³-hybridized carbons (Fsp3) is 1.00. The highest BCUT2D eigenvalue weighted by Crippen LogP contribution is 2.42. The van der Waals surface area contributed by atoms with Crippen LogP contribution in [0.15, 0.2) is 0 Å². The van der Waals surface area contributed by atoms with Crippen molar-refractivity contribution >= 4 is 0 Å². The van der Waals surface area contributed by atoms with Crippen molar-refractivity contribution in [3.63, 3.8) is 0 Å². The Bertz CT molecular complexity index is 198. The van der Waals surface area contributed by atoms with Gasteiger partial charge in [-0.25, -0.2) is 0 Å². The molecule has 1 aliphatic carbocycles. The summed E-state index contributed by atoms with van der Waals surface area (Å²) in [7, 11) is 0. The lowest BCUT2D eigenvalue weighted by Gasteiger charge is -2.39. The largest absolute Gasteiger partial charge is 0.0654 e. The van der Waals surface area contributed by atoms with Gasteiger partial charge in [-0.1, -0.05) is 79.1 Å². The fourth-order valence-electron chi connectivity index (χ4n) is 3.97. The minimum Gasteiger partial charge on any atom is -0.0654 e. The lowest BCUT2D eigenvalue weighted by Crippen LogP contribution is -2.28. The van der Waals surface area contributed by atoms with Gasteiger partial charge in [-0.15, -0.1) is 0 Å². The van der Waals surface area contributed by atoms with Crippen LogP contribution in [0.5, 0.6) is 0 Å². The molecule has 0 aliphatic heterocycles. The maximum atomic E-state index is 2.53. The van der Waals surface area contributed by atoms with Crippen LogP contribution >= 0.6 is 0 Å². The van der Waals surface area contributed by atoms with Gasteiger partial charge < -0.3 is 0 Å². The normalized spacial score (nSPS) is 20.0. The average Bonchev–Trinajstić information content (AvgIpc) is 2.35. The molecule has 0 amide bonds. The quantitative estimate of drug-likeness (QED) is 0.427. The van der Waals surface area contributed by atoms with E-state index >= 15 is 0 Å². The summed E-state index contributed by atoms with van der Waals surface area (Å²) in [5.41, 5.74) is 0.588. The fourth-order valence-corrected chi connectivity index (χ4v) is 3.97. The minimum absolute atomic E-state index is 0.588. The summed E-state index contributed by atoms with van der Waals surface area (Å²) in [6.45, 7) is 9.85. The van der Waals surface area contributed by atoms with E-state index in [2.05, 4.69) is 27.7 Å². The number of unbranched alkanes of at least 4 members (excludes halogenated alkanes) is 3. The monoisotopic (exact) mass is 252 g/mol. The Hall–Kier alpha value is 0. The second-order valence-corrected chi connectivity index (χ2v) is 7.48. The Morgan fingerprint density at radius 3 is 2.28 bits per heavy atom. The van der Waals surface area contributed by atoms with Gasteiger partial charge in [0.2, 0.25) is 0 Å². The molecular formula is C18H36. The van der Waals surface area contributed by atoms with Crippen molar-refractivity contribution in [2.24, 2.45) is 17.3 Å². The van der Waals surface area contributed by atoms with Crippen LogP contribution in [-0.4, -0.2) is 0 Å². The van der Waals surface area contributed by atoms with Crippen molar-refractivity contribution in [1.82, 2.24) is 0 Å². The van der Waals surface area contributed by atoms with Crippen LogP contribution in [0.2, 0.25) is 0 Å². The molecule has 1 unspecified atom stereocenters. The van der Waals surface area contributed by atoms with Crippen LogP contribution in [0, 0.1) is 17.3 Å². The standard InChI is InChI=1S/C18H36/c1-5-6-7-9-12-16(2)15-18(3,4)17-13-10-8-11-14-17/h16-17H,5-15H2,1-4H3. The topological polar surface area (TPSA) is 0 Å². The molecule has 1 rings (SSSR count). The maximum Gasteiger partial charge on any atom is -0.0323 e. The molecule has 0 spiro atoms. The summed E-state index contributed by atoms with van der Waals surface area (Å²) < 4.78 is 0. The summed E-state index contributed by atoms with van der Waals surface area (Å²) in [4.78, 5) is 0. The third-order valence-electron chi connectivity index (χ3n) is 5.14. The maximum absolute atomic E-state index is 2.53. The molecule has 18 heavy (non-hydrogen) atoms. The van der Waals surface area contributed by atoms with Crippen LogP contribution in [0.1, 0.15) is 98.3 Å². The van der Waals surface area contributed by atoms with E-state index in [0.717, 1.165) is 11.8 Å². The van der Waals surface area contributed by atoms with Crippen molar-refractivity contribution in [3.05, 3.63) is 0 Å².